The number of carbonyl (C=O) groups is 1. The summed E-state index contributed by atoms with van der Waals surface area (Å²) in [5, 5.41) is 12.2. The van der Waals surface area contributed by atoms with E-state index < -0.39 is 11.8 Å². The van der Waals surface area contributed by atoms with Gasteiger partial charge in [-0.1, -0.05) is 17.3 Å². The molecule has 0 bridgehead atoms. The Hall–Kier alpha value is -2.21. The summed E-state index contributed by atoms with van der Waals surface area (Å²) >= 11 is 0. The Labute approximate surface area is 102 Å². The molecule has 6 heteroatoms. The number of aromatic nitrogens is 1. The molecule has 1 heterocycles. The summed E-state index contributed by atoms with van der Waals surface area (Å²) in [5.74, 6) is -2.08. The predicted molar refractivity (Wildman–Crippen MR) is 59.6 cm³/mol. The zero-order valence-corrected chi connectivity index (χ0v) is 9.51. The first-order valence-corrected chi connectivity index (χ1v) is 5.10. The summed E-state index contributed by atoms with van der Waals surface area (Å²) in [6.07, 6.45) is 0. The minimum absolute atomic E-state index is 0.128. The average molecular weight is 251 g/mol. The van der Waals surface area contributed by atoms with Gasteiger partial charge in [-0.3, -0.25) is 0 Å². The normalized spacial score (nSPS) is 10.6. The van der Waals surface area contributed by atoms with Crippen LogP contribution in [0.2, 0.25) is 0 Å². The number of methoxy groups -OCH3 is 1. The maximum absolute atomic E-state index is 14.0. The highest BCUT2D eigenvalue weighted by Crippen LogP contribution is 2.25. The molecule has 94 valence electrons. The first-order valence-electron chi connectivity index (χ1n) is 5.10. The molecule has 18 heavy (non-hydrogen) atoms. The van der Waals surface area contributed by atoms with Crippen molar-refractivity contribution in [2.75, 3.05) is 7.11 Å². The van der Waals surface area contributed by atoms with Gasteiger partial charge in [-0.05, 0) is 6.07 Å². The van der Waals surface area contributed by atoms with Gasteiger partial charge >= 0.3 is 5.97 Å². The molecule has 1 N–H and O–H groups in total. The second-order valence-electron chi connectivity index (χ2n) is 3.59. The number of benzene rings is 1. The third-order valence-corrected chi connectivity index (χ3v) is 2.38. The highest BCUT2D eigenvalue weighted by Gasteiger charge is 2.16. The molecule has 0 unspecified atom stereocenters. The van der Waals surface area contributed by atoms with Crippen molar-refractivity contribution >= 4 is 5.97 Å². The first kappa shape index (κ1) is 12.3. The number of carboxylic acids is 1. The number of rotatable bonds is 4. The molecular weight excluding hydrogens is 241 g/mol. The molecule has 0 spiro atoms. The van der Waals surface area contributed by atoms with Gasteiger partial charge < -0.3 is 14.4 Å². The van der Waals surface area contributed by atoms with Gasteiger partial charge in [0.25, 0.3) is 0 Å². The Bertz CT molecular complexity index is 579. The average Bonchev–Trinajstić information content (AvgIpc) is 2.81. The minimum atomic E-state index is -1.25. The maximum Gasteiger partial charge on any atom is 0.374 e. The fourth-order valence-corrected chi connectivity index (χ4v) is 1.55. The van der Waals surface area contributed by atoms with Crippen LogP contribution in [0.4, 0.5) is 4.39 Å². The Morgan fingerprint density at radius 3 is 2.94 bits per heavy atom. The van der Waals surface area contributed by atoms with E-state index in [4.69, 9.17) is 9.84 Å². The highest BCUT2D eigenvalue weighted by molar-refractivity contribution is 5.85. The summed E-state index contributed by atoms with van der Waals surface area (Å²) in [5.41, 5.74) is 0.693. The molecule has 0 amide bonds. The van der Waals surface area contributed by atoms with E-state index in [0.29, 0.717) is 5.56 Å². The molecule has 0 saturated carbocycles. The van der Waals surface area contributed by atoms with Gasteiger partial charge in [0.05, 0.1) is 6.61 Å². The monoisotopic (exact) mass is 251 g/mol. The van der Waals surface area contributed by atoms with Gasteiger partial charge in [-0.2, -0.15) is 0 Å². The van der Waals surface area contributed by atoms with E-state index in [9.17, 15) is 9.18 Å². The fraction of sp³-hybridized carbons (Fsp3) is 0.167. The standard InChI is InChI=1S/C12H10FNO4/c1-17-6-7-3-2-4-8(11(7)13)9-5-10(12(15)16)18-14-9/h2-5H,6H2,1H3,(H,15,16). The van der Waals surface area contributed by atoms with Crippen molar-refractivity contribution in [3.63, 3.8) is 0 Å². The number of ether oxygens (including phenoxy) is 1. The van der Waals surface area contributed by atoms with Crippen LogP contribution in [0.25, 0.3) is 11.3 Å². The summed E-state index contributed by atoms with van der Waals surface area (Å²) in [6.45, 7) is 0.128. The Morgan fingerprint density at radius 1 is 1.56 bits per heavy atom. The van der Waals surface area contributed by atoms with Crippen molar-refractivity contribution < 1.29 is 23.6 Å². The van der Waals surface area contributed by atoms with E-state index >= 15 is 0 Å². The quantitative estimate of drug-likeness (QED) is 0.902. The second kappa shape index (κ2) is 4.97. The molecule has 0 aliphatic rings. The molecule has 0 atom stereocenters. The minimum Gasteiger partial charge on any atom is -0.475 e. The molecule has 2 aromatic rings. The lowest BCUT2D eigenvalue weighted by atomic mass is 10.1. The smallest absolute Gasteiger partial charge is 0.374 e. The summed E-state index contributed by atoms with van der Waals surface area (Å²) in [6, 6.07) is 5.90. The zero-order valence-electron chi connectivity index (χ0n) is 9.51. The predicted octanol–water partition coefficient (Wildman–Crippen LogP) is 2.33. The van der Waals surface area contributed by atoms with Gasteiger partial charge in [0, 0.05) is 24.3 Å². The van der Waals surface area contributed by atoms with Gasteiger partial charge in [0.15, 0.2) is 0 Å². The van der Waals surface area contributed by atoms with Crippen LogP contribution >= 0.6 is 0 Å². The summed E-state index contributed by atoms with van der Waals surface area (Å²) in [7, 11) is 1.46. The van der Waals surface area contributed by atoms with E-state index in [2.05, 4.69) is 9.68 Å². The third kappa shape index (κ3) is 2.23. The van der Waals surface area contributed by atoms with Crippen LogP contribution in [0, 0.1) is 5.82 Å². The largest absolute Gasteiger partial charge is 0.475 e. The van der Waals surface area contributed by atoms with Gasteiger partial charge in [-0.25, -0.2) is 9.18 Å². The number of hydrogen-bond acceptors (Lipinski definition) is 4. The number of carboxylic acid groups (broad SMARTS) is 1. The third-order valence-electron chi connectivity index (χ3n) is 2.38. The van der Waals surface area contributed by atoms with Crippen LogP contribution < -0.4 is 0 Å². The summed E-state index contributed by atoms with van der Waals surface area (Å²) < 4.78 is 23.5. The van der Waals surface area contributed by atoms with E-state index in [1.165, 1.54) is 19.2 Å². The Balaban J connectivity index is 2.43. The van der Waals surface area contributed by atoms with Gasteiger partial charge in [0.1, 0.15) is 11.5 Å². The summed E-state index contributed by atoms with van der Waals surface area (Å²) in [4.78, 5) is 10.7. The van der Waals surface area contributed by atoms with Crippen molar-refractivity contribution in [3.8, 4) is 11.3 Å². The molecular formula is C12H10FNO4. The van der Waals surface area contributed by atoms with Crippen LogP contribution in [-0.2, 0) is 11.3 Å². The molecule has 5 nitrogen and oxygen atoms in total. The van der Waals surface area contributed by atoms with Crippen LogP contribution in [0.3, 0.4) is 0 Å². The molecule has 0 aliphatic carbocycles. The fourth-order valence-electron chi connectivity index (χ4n) is 1.55. The molecule has 0 radical (unpaired) electrons. The number of hydrogen-bond donors (Lipinski definition) is 1. The van der Waals surface area contributed by atoms with E-state index in [1.54, 1.807) is 12.1 Å². The van der Waals surface area contributed by atoms with Crippen molar-refractivity contribution in [3.05, 3.63) is 41.4 Å². The highest BCUT2D eigenvalue weighted by atomic mass is 19.1. The first-order chi connectivity index (χ1) is 8.63. The van der Waals surface area contributed by atoms with Gasteiger partial charge in [0.2, 0.25) is 5.76 Å². The Morgan fingerprint density at radius 2 is 2.33 bits per heavy atom. The zero-order chi connectivity index (χ0) is 13.1. The number of nitrogens with zero attached hydrogens (tertiary/aromatic N) is 1. The van der Waals surface area contributed by atoms with Crippen molar-refractivity contribution in [1.82, 2.24) is 5.16 Å². The number of aromatic carboxylic acids is 1. The number of halogens is 1. The molecule has 0 fully saturated rings. The molecule has 0 aliphatic heterocycles. The lowest BCUT2D eigenvalue weighted by Crippen LogP contribution is -1.95. The van der Waals surface area contributed by atoms with Crippen LogP contribution in [0.5, 0.6) is 0 Å². The van der Waals surface area contributed by atoms with Crippen molar-refractivity contribution in [1.29, 1.82) is 0 Å². The van der Waals surface area contributed by atoms with E-state index in [-0.39, 0.29) is 23.6 Å². The van der Waals surface area contributed by atoms with Crippen LogP contribution in [0.1, 0.15) is 16.1 Å². The van der Waals surface area contributed by atoms with Crippen LogP contribution in [-0.4, -0.2) is 23.3 Å². The molecule has 0 saturated heterocycles. The maximum atomic E-state index is 14.0. The van der Waals surface area contributed by atoms with Crippen LogP contribution in [0.15, 0.2) is 28.8 Å². The van der Waals surface area contributed by atoms with E-state index in [1.807, 2.05) is 0 Å². The lowest BCUT2D eigenvalue weighted by Gasteiger charge is -2.04. The van der Waals surface area contributed by atoms with E-state index in [0.717, 1.165) is 0 Å². The Kier molecular flexibility index (Phi) is 3.38. The van der Waals surface area contributed by atoms with Crippen molar-refractivity contribution in [2.45, 2.75) is 6.61 Å². The second-order valence-corrected chi connectivity index (χ2v) is 3.59. The molecule has 1 aromatic carbocycles. The van der Waals surface area contributed by atoms with Crippen molar-refractivity contribution in [2.24, 2.45) is 0 Å². The van der Waals surface area contributed by atoms with Gasteiger partial charge in [-0.15, -0.1) is 0 Å². The molecule has 1 aromatic heterocycles. The molecule has 2 rings (SSSR count). The lowest BCUT2D eigenvalue weighted by molar-refractivity contribution is 0.0652. The topological polar surface area (TPSA) is 72.6 Å². The SMILES string of the molecule is COCc1cccc(-c2cc(C(=O)O)on2)c1F.